The molecule has 17 heavy (non-hydrogen) atoms. The van der Waals surface area contributed by atoms with Crippen molar-refractivity contribution in [2.75, 3.05) is 13.1 Å². The Labute approximate surface area is 99.7 Å². The van der Waals surface area contributed by atoms with E-state index in [2.05, 4.69) is 5.32 Å². The summed E-state index contributed by atoms with van der Waals surface area (Å²) in [5.41, 5.74) is -1.04. The van der Waals surface area contributed by atoms with Crippen molar-refractivity contribution in [3.8, 4) is 0 Å². The first-order valence-electron chi connectivity index (χ1n) is 5.85. The molecule has 0 aromatic heterocycles. The van der Waals surface area contributed by atoms with E-state index in [-0.39, 0.29) is 17.4 Å². The van der Waals surface area contributed by atoms with Crippen LogP contribution in [0.2, 0.25) is 0 Å². The maximum atomic E-state index is 13.8. The minimum absolute atomic E-state index is 0.119. The zero-order valence-electron chi connectivity index (χ0n) is 10.0. The van der Waals surface area contributed by atoms with Gasteiger partial charge in [-0.05, 0) is 6.07 Å². The van der Waals surface area contributed by atoms with Crippen molar-refractivity contribution in [1.29, 1.82) is 0 Å². The zero-order chi connectivity index (χ0) is 12.6. The maximum absolute atomic E-state index is 13.8. The molecule has 3 atom stereocenters. The lowest BCUT2D eigenvalue weighted by atomic mass is 9.71. The van der Waals surface area contributed by atoms with Gasteiger partial charge in [0.1, 0.15) is 11.6 Å². The van der Waals surface area contributed by atoms with Gasteiger partial charge in [0.15, 0.2) is 0 Å². The molecule has 0 aliphatic carbocycles. The Kier molecular flexibility index (Phi) is 3.19. The molecule has 0 bridgehead atoms. The summed E-state index contributed by atoms with van der Waals surface area (Å²) in [6, 6.07) is 3.37. The fourth-order valence-corrected chi connectivity index (χ4v) is 2.66. The highest BCUT2D eigenvalue weighted by Gasteiger charge is 2.44. The SMILES string of the molecule is C[C@@H]1CNC[C@H](C)C1(O)c1ccc(F)cc1F. The van der Waals surface area contributed by atoms with Crippen LogP contribution in [0.4, 0.5) is 8.78 Å². The van der Waals surface area contributed by atoms with Crippen LogP contribution in [0.5, 0.6) is 0 Å². The second kappa shape index (κ2) is 4.35. The topological polar surface area (TPSA) is 32.3 Å². The summed E-state index contributed by atoms with van der Waals surface area (Å²) in [6.07, 6.45) is 0. The first kappa shape index (κ1) is 12.5. The Balaban J connectivity index is 2.48. The second-order valence-electron chi connectivity index (χ2n) is 4.91. The summed E-state index contributed by atoms with van der Waals surface area (Å²) in [6.45, 7) is 4.98. The Morgan fingerprint density at radius 1 is 1.24 bits per heavy atom. The van der Waals surface area contributed by atoms with Crippen molar-refractivity contribution in [2.24, 2.45) is 11.8 Å². The molecule has 0 amide bonds. The van der Waals surface area contributed by atoms with E-state index in [1.54, 1.807) is 0 Å². The van der Waals surface area contributed by atoms with Crippen LogP contribution < -0.4 is 5.32 Å². The number of hydrogen-bond donors (Lipinski definition) is 2. The van der Waals surface area contributed by atoms with Crippen LogP contribution in [-0.4, -0.2) is 18.2 Å². The first-order valence-corrected chi connectivity index (χ1v) is 5.85. The Morgan fingerprint density at radius 3 is 2.35 bits per heavy atom. The Bertz CT molecular complexity index is 412. The highest BCUT2D eigenvalue weighted by atomic mass is 19.1. The molecule has 1 saturated heterocycles. The summed E-state index contributed by atoms with van der Waals surface area (Å²) in [5, 5.41) is 13.9. The summed E-state index contributed by atoms with van der Waals surface area (Å²) in [7, 11) is 0. The minimum atomic E-state index is -1.23. The van der Waals surface area contributed by atoms with Gasteiger partial charge in [-0.15, -0.1) is 0 Å². The van der Waals surface area contributed by atoms with E-state index in [1.165, 1.54) is 12.1 Å². The van der Waals surface area contributed by atoms with Crippen LogP contribution in [0.1, 0.15) is 19.4 Å². The predicted octanol–water partition coefficient (Wildman–Crippen LogP) is 2.03. The number of benzene rings is 1. The molecule has 2 N–H and O–H groups in total. The summed E-state index contributed by atoms with van der Waals surface area (Å²) < 4.78 is 26.7. The number of nitrogens with one attached hydrogen (secondary N) is 1. The number of rotatable bonds is 1. The first-order chi connectivity index (χ1) is 7.96. The van der Waals surface area contributed by atoms with E-state index in [0.29, 0.717) is 13.1 Å². The van der Waals surface area contributed by atoms with Gasteiger partial charge in [-0.2, -0.15) is 0 Å². The monoisotopic (exact) mass is 241 g/mol. The van der Waals surface area contributed by atoms with Gasteiger partial charge in [0.05, 0.1) is 5.60 Å². The molecule has 1 unspecified atom stereocenters. The number of hydrogen-bond acceptors (Lipinski definition) is 2. The van der Waals surface area contributed by atoms with Crippen molar-refractivity contribution in [3.05, 3.63) is 35.4 Å². The summed E-state index contributed by atoms with van der Waals surface area (Å²) in [5.74, 6) is -1.53. The van der Waals surface area contributed by atoms with E-state index in [0.717, 1.165) is 6.07 Å². The molecular weight excluding hydrogens is 224 g/mol. The van der Waals surface area contributed by atoms with Crippen LogP contribution in [0, 0.1) is 23.5 Å². The molecule has 1 aromatic carbocycles. The minimum Gasteiger partial charge on any atom is -0.384 e. The predicted molar refractivity (Wildman–Crippen MR) is 61.5 cm³/mol. The molecule has 0 radical (unpaired) electrons. The van der Waals surface area contributed by atoms with Gasteiger partial charge in [-0.1, -0.05) is 19.9 Å². The zero-order valence-corrected chi connectivity index (χ0v) is 10.0. The molecule has 1 fully saturated rings. The second-order valence-corrected chi connectivity index (χ2v) is 4.91. The van der Waals surface area contributed by atoms with Crippen LogP contribution in [-0.2, 0) is 5.60 Å². The highest BCUT2D eigenvalue weighted by Crippen LogP contribution is 2.40. The highest BCUT2D eigenvalue weighted by molar-refractivity contribution is 5.27. The smallest absolute Gasteiger partial charge is 0.132 e. The van der Waals surface area contributed by atoms with Crippen molar-refractivity contribution < 1.29 is 13.9 Å². The third kappa shape index (κ3) is 1.96. The van der Waals surface area contributed by atoms with Gasteiger partial charge in [-0.25, -0.2) is 8.78 Å². The average Bonchev–Trinajstić information content (AvgIpc) is 2.26. The van der Waals surface area contributed by atoms with E-state index in [9.17, 15) is 13.9 Å². The lowest BCUT2D eigenvalue weighted by molar-refractivity contribution is -0.0831. The molecule has 0 spiro atoms. The van der Waals surface area contributed by atoms with E-state index < -0.39 is 17.2 Å². The third-order valence-corrected chi connectivity index (χ3v) is 3.77. The third-order valence-electron chi connectivity index (χ3n) is 3.77. The molecule has 1 aliphatic heterocycles. The fourth-order valence-electron chi connectivity index (χ4n) is 2.66. The van der Waals surface area contributed by atoms with Gasteiger partial charge in [0.25, 0.3) is 0 Å². The lowest BCUT2D eigenvalue weighted by Crippen LogP contribution is -2.53. The molecule has 0 saturated carbocycles. The molecule has 1 heterocycles. The largest absolute Gasteiger partial charge is 0.384 e. The van der Waals surface area contributed by atoms with Gasteiger partial charge in [-0.3, -0.25) is 0 Å². The standard InChI is InChI=1S/C13H17F2NO/c1-8-6-16-7-9(2)13(8,17)11-4-3-10(14)5-12(11)15/h3-5,8-9,16-17H,6-7H2,1-2H3/t8-,9+,13?. The van der Waals surface area contributed by atoms with E-state index >= 15 is 0 Å². The molecular formula is C13H17F2NO. The van der Waals surface area contributed by atoms with Gasteiger partial charge in [0, 0.05) is 36.6 Å². The van der Waals surface area contributed by atoms with Crippen molar-refractivity contribution in [1.82, 2.24) is 5.32 Å². The van der Waals surface area contributed by atoms with E-state index in [1.807, 2.05) is 13.8 Å². The summed E-state index contributed by atoms with van der Waals surface area (Å²) in [4.78, 5) is 0. The van der Waals surface area contributed by atoms with Gasteiger partial charge < -0.3 is 10.4 Å². The normalized spacial score (nSPS) is 33.7. The molecule has 1 aliphatic rings. The number of piperidine rings is 1. The Hall–Kier alpha value is -1.00. The molecule has 94 valence electrons. The molecule has 4 heteroatoms. The van der Waals surface area contributed by atoms with Gasteiger partial charge in [0.2, 0.25) is 0 Å². The summed E-state index contributed by atoms with van der Waals surface area (Å²) >= 11 is 0. The van der Waals surface area contributed by atoms with Crippen molar-refractivity contribution in [3.63, 3.8) is 0 Å². The Morgan fingerprint density at radius 2 is 1.82 bits per heavy atom. The maximum Gasteiger partial charge on any atom is 0.132 e. The average molecular weight is 241 g/mol. The molecule has 2 nitrogen and oxygen atoms in total. The van der Waals surface area contributed by atoms with E-state index in [4.69, 9.17) is 0 Å². The quantitative estimate of drug-likeness (QED) is 0.788. The van der Waals surface area contributed by atoms with Crippen molar-refractivity contribution in [2.45, 2.75) is 19.4 Å². The fraction of sp³-hybridized carbons (Fsp3) is 0.538. The van der Waals surface area contributed by atoms with Crippen LogP contribution in [0.3, 0.4) is 0 Å². The van der Waals surface area contributed by atoms with Crippen molar-refractivity contribution >= 4 is 0 Å². The molecule has 1 aromatic rings. The number of halogens is 2. The number of aliphatic hydroxyl groups is 1. The molecule has 2 rings (SSSR count). The van der Waals surface area contributed by atoms with Gasteiger partial charge >= 0.3 is 0 Å². The van der Waals surface area contributed by atoms with Crippen LogP contribution in [0.15, 0.2) is 18.2 Å². The van der Waals surface area contributed by atoms with Crippen LogP contribution >= 0.6 is 0 Å². The lowest BCUT2D eigenvalue weighted by Gasteiger charge is -2.44. The van der Waals surface area contributed by atoms with Crippen LogP contribution in [0.25, 0.3) is 0 Å².